The molecule has 0 bridgehead atoms. The molecule has 0 aromatic heterocycles. The molecule has 0 radical (unpaired) electrons. The van der Waals surface area contributed by atoms with Gasteiger partial charge in [-0.25, -0.2) is 4.79 Å². The van der Waals surface area contributed by atoms with Crippen molar-refractivity contribution in [3.63, 3.8) is 0 Å². The third-order valence-electron chi connectivity index (χ3n) is 5.67. The Balaban J connectivity index is 1.98. The highest BCUT2D eigenvalue weighted by Gasteiger charge is 2.38. The fourth-order valence-corrected chi connectivity index (χ4v) is 5.63. The predicted molar refractivity (Wildman–Crippen MR) is 135 cm³/mol. The van der Waals surface area contributed by atoms with Crippen LogP contribution in [0.1, 0.15) is 43.5 Å². The number of benzene rings is 2. The number of nitrogens with zero attached hydrogens (tertiary/aromatic N) is 2. The van der Waals surface area contributed by atoms with Gasteiger partial charge in [0.1, 0.15) is 17.4 Å². The standard InChI is InChI=1S/C26H33N3O4Si/c1-26(2,3)33-25(31)29-13-12-17-15-20(32-4)9-10-21(17)23(29)24(30)28-19-8-11-22(34(5,6)7)18(14-19)16-27/h8-11,14-15,23H,12-13H2,1-7H3,(H,28,30). The van der Waals surface area contributed by atoms with Crippen molar-refractivity contribution in [2.75, 3.05) is 19.0 Å². The van der Waals surface area contributed by atoms with Crippen molar-refractivity contribution < 1.29 is 19.1 Å². The summed E-state index contributed by atoms with van der Waals surface area (Å²) in [4.78, 5) is 28.1. The molecule has 8 heteroatoms. The largest absolute Gasteiger partial charge is 0.497 e. The molecule has 0 fully saturated rings. The molecule has 1 unspecified atom stereocenters. The first-order valence-electron chi connectivity index (χ1n) is 11.4. The molecule has 0 saturated heterocycles. The Labute approximate surface area is 202 Å². The summed E-state index contributed by atoms with van der Waals surface area (Å²) in [6, 6.07) is 12.4. The molecule has 1 atom stereocenters. The summed E-state index contributed by atoms with van der Waals surface area (Å²) in [6.45, 7) is 12.3. The number of amides is 2. The number of fused-ring (bicyclic) bond motifs is 1. The van der Waals surface area contributed by atoms with Gasteiger partial charge in [-0.2, -0.15) is 5.26 Å². The summed E-state index contributed by atoms with van der Waals surface area (Å²) >= 11 is 0. The first-order valence-corrected chi connectivity index (χ1v) is 14.9. The summed E-state index contributed by atoms with van der Waals surface area (Å²) in [5.41, 5.74) is 2.08. The van der Waals surface area contributed by atoms with E-state index in [2.05, 4.69) is 31.0 Å². The first-order chi connectivity index (χ1) is 15.8. The highest BCUT2D eigenvalue weighted by molar-refractivity contribution is 6.89. The smallest absolute Gasteiger partial charge is 0.411 e. The van der Waals surface area contributed by atoms with Crippen LogP contribution in [0, 0.1) is 11.3 Å². The number of nitrogens with one attached hydrogen (secondary N) is 1. The molecule has 1 aliphatic rings. The maximum Gasteiger partial charge on any atom is 0.411 e. The van der Waals surface area contributed by atoms with E-state index in [-0.39, 0.29) is 5.91 Å². The van der Waals surface area contributed by atoms with Crippen LogP contribution in [0.15, 0.2) is 36.4 Å². The lowest BCUT2D eigenvalue weighted by atomic mass is 9.92. The van der Waals surface area contributed by atoms with Crippen LogP contribution >= 0.6 is 0 Å². The van der Waals surface area contributed by atoms with Crippen LogP contribution in [0.25, 0.3) is 0 Å². The van der Waals surface area contributed by atoms with Gasteiger partial charge in [0.25, 0.3) is 5.91 Å². The second-order valence-corrected chi connectivity index (χ2v) is 15.5. The summed E-state index contributed by atoms with van der Waals surface area (Å²) in [5.74, 6) is 0.339. The van der Waals surface area contributed by atoms with E-state index in [0.29, 0.717) is 30.0 Å². The van der Waals surface area contributed by atoms with Gasteiger partial charge < -0.3 is 14.8 Å². The van der Waals surface area contributed by atoms with E-state index in [1.165, 1.54) is 4.90 Å². The minimum Gasteiger partial charge on any atom is -0.497 e. The monoisotopic (exact) mass is 479 g/mol. The molecule has 2 amide bonds. The third-order valence-corrected chi connectivity index (χ3v) is 7.72. The van der Waals surface area contributed by atoms with Gasteiger partial charge in [0.2, 0.25) is 0 Å². The molecule has 1 heterocycles. The molecular formula is C26H33N3O4Si. The maximum atomic E-state index is 13.6. The van der Waals surface area contributed by atoms with Gasteiger partial charge in [0.05, 0.1) is 26.8 Å². The quantitative estimate of drug-likeness (QED) is 0.648. The minimum absolute atomic E-state index is 0.338. The maximum absolute atomic E-state index is 13.6. The Kier molecular flexibility index (Phi) is 7.08. The summed E-state index contributed by atoms with van der Waals surface area (Å²) in [7, 11) is -0.120. The number of anilines is 1. The molecule has 7 nitrogen and oxygen atoms in total. The van der Waals surface area contributed by atoms with E-state index in [1.807, 2.05) is 24.3 Å². The van der Waals surface area contributed by atoms with Gasteiger partial charge in [0.15, 0.2) is 0 Å². The SMILES string of the molecule is COc1ccc2c(c1)CCN(C(=O)OC(C)(C)C)C2C(=O)Nc1ccc([Si](C)(C)C)c(C#N)c1. The molecule has 1 N–H and O–H groups in total. The van der Waals surface area contributed by atoms with Crippen molar-refractivity contribution in [1.82, 2.24) is 4.90 Å². The van der Waals surface area contributed by atoms with E-state index < -0.39 is 25.8 Å². The fraction of sp³-hybridized carbons (Fsp3) is 0.423. The van der Waals surface area contributed by atoms with Crippen LogP contribution in [-0.2, 0) is 16.0 Å². The average Bonchev–Trinajstić information content (AvgIpc) is 2.75. The van der Waals surface area contributed by atoms with Crippen molar-refractivity contribution in [2.24, 2.45) is 0 Å². The van der Waals surface area contributed by atoms with Crippen LogP contribution in [0.3, 0.4) is 0 Å². The summed E-state index contributed by atoms with van der Waals surface area (Å²) in [5, 5.41) is 13.6. The molecule has 180 valence electrons. The lowest BCUT2D eigenvalue weighted by Gasteiger charge is -2.37. The minimum atomic E-state index is -1.72. The number of carbonyl (C=O) groups excluding carboxylic acids is 2. The van der Waals surface area contributed by atoms with Gasteiger partial charge in [-0.05, 0) is 67.8 Å². The second kappa shape index (κ2) is 9.51. The Hall–Kier alpha value is -3.31. The van der Waals surface area contributed by atoms with E-state index in [9.17, 15) is 14.9 Å². The number of hydrogen-bond acceptors (Lipinski definition) is 5. The number of rotatable bonds is 4. The fourth-order valence-electron chi connectivity index (χ4n) is 4.11. The molecule has 34 heavy (non-hydrogen) atoms. The van der Waals surface area contributed by atoms with Crippen LogP contribution < -0.4 is 15.2 Å². The molecule has 0 aliphatic carbocycles. The topological polar surface area (TPSA) is 91.7 Å². The van der Waals surface area contributed by atoms with E-state index in [4.69, 9.17) is 9.47 Å². The second-order valence-electron chi connectivity index (χ2n) is 10.5. The van der Waals surface area contributed by atoms with Crippen molar-refractivity contribution in [2.45, 2.75) is 58.5 Å². The van der Waals surface area contributed by atoms with Gasteiger partial charge in [-0.1, -0.05) is 31.8 Å². The number of hydrogen-bond donors (Lipinski definition) is 1. The van der Waals surface area contributed by atoms with Gasteiger partial charge in [0, 0.05) is 12.2 Å². The number of carbonyl (C=O) groups is 2. The molecule has 3 rings (SSSR count). The third kappa shape index (κ3) is 5.60. The molecular weight excluding hydrogens is 446 g/mol. The molecule has 2 aromatic carbocycles. The molecule has 1 aliphatic heterocycles. The average molecular weight is 480 g/mol. The zero-order valence-corrected chi connectivity index (χ0v) is 22.0. The summed E-state index contributed by atoms with van der Waals surface area (Å²) in [6.07, 6.45) is 0.0416. The van der Waals surface area contributed by atoms with E-state index in [0.717, 1.165) is 16.3 Å². The number of ether oxygens (including phenoxy) is 2. The van der Waals surface area contributed by atoms with Crippen molar-refractivity contribution in [3.8, 4) is 11.8 Å². The number of methoxy groups -OCH3 is 1. The van der Waals surface area contributed by atoms with Crippen LogP contribution in [-0.4, -0.2) is 44.2 Å². The molecule has 0 saturated carbocycles. The Morgan fingerprint density at radius 3 is 2.44 bits per heavy atom. The molecule has 0 spiro atoms. The zero-order valence-electron chi connectivity index (χ0n) is 21.0. The van der Waals surface area contributed by atoms with Crippen LogP contribution in [0.4, 0.5) is 10.5 Å². The normalized spacial score (nSPS) is 15.7. The van der Waals surface area contributed by atoms with Gasteiger partial charge in [-0.15, -0.1) is 0 Å². The molecule has 2 aromatic rings. The first kappa shape index (κ1) is 25.3. The van der Waals surface area contributed by atoms with Gasteiger partial charge >= 0.3 is 6.09 Å². The van der Waals surface area contributed by atoms with E-state index in [1.54, 1.807) is 40.0 Å². The zero-order chi connectivity index (χ0) is 25.3. The lowest BCUT2D eigenvalue weighted by molar-refractivity contribution is -0.121. The number of nitriles is 1. The highest BCUT2D eigenvalue weighted by atomic mass is 28.3. The van der Waals surface area contributed by atoms with E-state index >= 15 is 0 Å². The Morgan fingerprint density at radius 2 is 1.85 bits per heavy atom. The Morgan fingerprint density at radius 1 is 1.15 bits per heavy atom. The van der Waals surface area contributed by atoms with Gasteiger partial charge in [-0.3, -0.25) is 9.69 Å². The van der Waals surface area contributed by atoms with Crippen molar-refractivity contribution in [3.05, 3.63) is 53.1 Å². The van der Waals surface area contributed by atoms with Crippen LogP contribution in [0.5, 0.6) is 5.75 Å². The predicted octanol–water partition coefficient (Wildman–Crippen LogP) is 4.59. The van der Waals surface area contributed by atoms with Crippen LogP contribution in [0.2, 0.25) is 19.6 Å². The lowest BCUT2D eigenvalue weighted by Crippen LogP contribution is -2.47. The van der Waals surface area contributed by atoms with Crippen molar-refractivity contribution >= 4 is 30.9 Å². The highest BCUT2D eigenvalue weighted by Crippen LogP contribution is 2.34. The van der Waals surface area contributed by atoms with Crippen molar-refractivity contribution in [1.29, 1.82) is 5.26 Å². The Bertz CT molecular complexity index is 1140. The summed E-state index contributed by atoms with van der Waals surface area (Å²) < 4.78 is 10.9.